The van der Waals surface area contributed by atoms with E-state index in [0.29, 0.717) is 6.42 Å². The van der Waals surface area contributed by atoms with Gasteiger partial charge in [-0.1, -0.05) is 26.2 Å². The largest absolute Gasteiger partial charge is 0.385 e. The molecule has 1 fully saturated rings. The van der Waals surface area contributed by atoms with Crippen molar-refractivity contribution in [3.8, 4) is 0 Å². The molecular formula is C16H24N2O. The van der Waals surface area contributed by atoms with Gasteiger partial charge in [-0.25, -0.2) is 0 Å². The Morgan fingerprint density at radius 3 is 2.37 bits per heavy atom. The van der Waals surface area contributed by atoms with Crippen LogP contribution in [0.1, 0.15) is 45.4 Å². The summed E-state index contributed by atoms with van der Waals surface area (Å²) in [5.41, 5.74) is 2.01. The second kappa shape index (κ2) is 7.17. The lowest BCUT2D eigenvalue weighted by atomic mass is 9.89. The Morgan fingerprint density at radius 1 is 1.11 bits per heavy atom. The molecule has 2 rings (SSSR count). The average Bonchev–Trinajstić information content (AvgIpc) is 2.47. The van der Waals surface area contributed by atoms with Crippen molar-refractivity contribution in [2.24, 2.45) is 5.92 Å². The van der Waals surface area contributed by atoms with Crippen molar-refractivity contribution < 1.29 is 4.79 Å². The number of amides is 1. The first-order chi connectivity index (χ1) is 9.28. The van der Waals surface area contributed by atoms with E-state index < -0.39 is 0 Å². The van der Waals surface area contributed by atoms with E-state index in [1.165, 1.54) is 32.1 Å². The molecule has 3 nitrogen and oxygen atoms in total. The molecule has 104 valence electrons. The van der Waals surface area contributed by atoms with E-state index in [1.807, 2.05) is 31.2 Å². The van der Waals surface area contributed by atoms with Gasteiger partial charge in [0, 0.05) is 24.3 Å². The number of nitrogens with one attached hydrogen (secondary N) is 2. The quantitative estimate of drug-likeness (QED) is 0.839. The molecule has 1 saturated carbocycles. The van der Waals surface area contributed by atoms with Crippen LogP contribution in [-0.4, -0.2) is 12.5 Å². The van der Waals surface area contributed by atoms with Crippen molar-refractivity contribution in [1.82, 2.24) is 0 Å². The number of carbonyl (C=O) groups excluding carboxylic acids is 1. The molecule has 1 aromatic rings. The van der Waals surface area contributed by atoms with Gasteiger partial charge in [-0.3, -0.25) is 4.79 Å². The first-order valence-electron chi connectivity index (χ1n) is 7.41. The summed E-state index contributed by atoms with van der Waals surface area (Å²) in [7, 11) is 0. The van der Waals surface area contributed by atoms with Crippen molar-refractivity contribution in [2.75, 3.05) is 17.2 Å². The van der Waals surface area contributed by atoms with E-state index >= 15 is 0 Å². The maximum absolute atomic E-state index is 11.3. The van der Waals surface area contributed by atoms with Crippen LogP contribution in [0.4, 0.5) is 11.4 Å². The zero-order chi connectivity index (χ0) is 13.5. The SMILES string of the molecule is CCC(=O)Nc1ccc(NCC2CCCCC2)cc1. The summed E-state index contributed by atoms with van der Waals surface area (Å²) < 4.78 is 0. The lowest BCUT2D eigenvalue weighted by Crippen LogP contribution is -2.17. The minimum Gasteiger partial charge on any atom is -0.385 e. The van der Waals surface area contributed by atoms with Crippen LogP contribution in [0.2, 0.25) is 0 Å². The minimum atomic E-state index is 0.0583. The highest BCUT2D eigenvalue weighted by Gasteiger charge is 2.12. The topological polar surface area (TPSA) is 41.1 Å². The molecule has 0 heterocycles. The van der Waals surface area contributed by atoms with Crippen molar-refractivity contribution in [3.63, 3.8) is 0 Å². The Morgan fingerprint density at radius 2 is 1.74 bits per heavy atom. The van der Waals surface area contributed by atoms with Gasteiger partial charge in [0.2, 0.25) is 5.91 Å². The lowest BCUT2D eigenvalue weighted by molar-refractivity contribution is -0.115. The third kappa shape index (κ3) is 4.58. The highest BCUT2D eigenvalue weighted by atomic mass is 16.1. The predicted molar refractivity (Wildman–Crippen MR) is 80.4 cm³/mol. The van der Waals surface area contributed by atoms with Gasteiger partial charge in [0.1, 0.15) is 0 Å². The number of hydrogen-bond donors (Lipinski definition) is 2. The zero-order valence-electron chi connectivity index (χ0n) is 11.7. The van der Waals surface area contributed by atoms with E-state index in [9.17, 15) is 4.79 Å². The van der Waals surface area contributed by atoms with Crippen LogP contribution in [0.15, 0.2) is 24.3 Å². The van der Waals surface area contributed by atoms with Crippen molar-refractivity contribution in [1.29, 1.82) is 0 Å². The molecule has 1 amide bonds. The van der Waals surface area contributed by atoms with Crippen LogP contribution in [0.3, 0.4) is 0 Å². The first kappa shape index (κ1) is 13.9. The first-order valence-corrected chi connectivity index (χ1v) is 7.41. The summed E-state index contributed by atoms with van der Waals surface area (Å²) in [5.74, 6) is 0.885. The molecule has 19 heavy (non-hydrogen) atoms. The highest BCUT2D eigenvalue weighted by molar-refractivity contribution is 5.90. The van der Waals surface area contributed by atoms with E-state index in [0.717, 1.165) is 23.8 Å². The van der Waals surface area contributed by atoms with Crippen LogP contribution in [0.25, 0.3) is 0 Å². The van der Waals surface area contributed by atoms with Crippen molar-refractivity contribution >= 4 is 17.3 Å². The Balaban J connectivity index is 1.79. The maximum Gasteiger partial charge on any atom is 0.224 e. The Hall–Kier alpha value is -1.51. The van der Waals surface area contributed by atoms with Gasteiger partial charge in [-0.15, -0.1) is 0 Å². The van der Waals surface area contributed by atoms with Gasteiger partial charge in [-0.05, 0) is 43.0 Å². The fraction of sp³-hybridized carbons (Fsp3) is 0.562. The van der Waals surface area contributed by atoms with Crippen LogP contribution in [-0.2, 0) is 4.79 Å². The molecule has 0 saturated heterocycles. The summed E-state index contributed by atoms with van der Waals surface area (Å²) in [6, 6.07) is 7.98. The van der Waals surface area contributed by atoms with Gasteiger partial charge < -0.3 is 10.6 Å². The summed E-state index contributed by atoms with van der Waals surface area (Å²) in [4.78, 5) is 11.3. The van der Waals surface area contributed by atoms with Gasteiger partial charge in [0.25, 0.3) is 0 Å². The maximum atomic E-state index is 11.3. The van der Waals surface area contributed by atoms with Gasteiger partial charge in [0.05, 0.1) is 0 Å². The minimum absolute atomic E-state index is 0.0583. The number of hydrogen-bond acceptors (Lipinski definition) is 2. The third-order valence-corrected chi connectivity index (χ3v) is 3.81. The van der Waals surface area contributed by atoms with Crippen LogP contribution in [0, 0.1) is 5.92 Å². The number of carbonyl (C=O) groups is 1. The second-order valence-electron chi connectivity index (χ2n) is 5.36. The molecule has 0 aromatic heterocycles. The van der Waals surface area contributed by atoms with E-state index in [2.05, 4.69) is 10.6 Å². The molecule has 0 bridgehead atoms. The molecule has 1 aliphatic rings. The van der Waals surface area contributed by atoms with Gasteiger partial charge in [0.15, 0.2) is 0 Å². The molecule has 0 radical (unpaired) electrons. The fourth-order valence-corrected chi connectivity index (χ4v) is 2.57. The van der Waals surface area contributed by atoms with Crippen LogP contribution >= 0.6 is 0 Å². The summed E-state index contributed by atoms with van der Waals surface area (Å²) in [5, 5.41) is 6.35. The van der Waals surface area contributed by atoms with Crippen molar-refractivity contribution in [2.45, 2.75) is 45.4 Å². The number of anilines is 2. The Kier molecular flexibility index (Phi) is 5.25. The molecule has 0 aliphatic heterocycles. The van der Waals surface area contributed by atoms with Crippen LogP contribution in [0.5, 0.6) is 0 Å². The Bertz CT molecular complexity index is 394. The molecule has 2 N–H and O–H groups in total. The third-order valence-electron chi connectivity index (χ3n) is 3.81. The average molecular weight is 260 g/mol. The molecule has 0 atom stereocenters. The summed E-state index contributed by atoms with van der Waals surface area (Å²) in [6.07, 6.45) is 7.40. The van der Waals surface area contributed by atoms with E-state index in [-0.39, 0.29) is 5.91 Å². The number of rotatable bonds is 5. The summed E-state index contributed by atoms with van der Waals surface area (Å²) in [6.45, 7) is 2.93. The van der Waals surface area contributed by atoms with Gasteiger partial charge >= 0.3 is 0 Å². The molecule has 1 aliphatic carbocycles. The molecule has 0 spiro atoms. The predicted octanol–water partition coefficient (Wildman–Crippen LogP) is 4.03. The summed E-state index contributed by atoms with van der Waals surface area (Å²) >= 11 is 0. The monoisotopic (exact) mass is 260 g/mol. The van der Waals surface area contributed by atoms with E-state index in [4.69, 9.17) is 0 Å². The molecule has 3 heteroatoms. The second-order valence-corrected chi connectivity index (χ2v) is 5.36. The zero-order valence-corrected chi connectivity index (χ0v) is 11.7. The molecule has 1 aromatic carbocycles. The number of benzene rings is 1. The Labute approximate surface area is 115 Å². The molecular weight excluding hydrogens is 236 g/mol. The molecule has 0 unspecified atom stereocenters. The smallest absolute Gasteiger partial charge is 0.224 e. The van der Waals surface area contributed by atoms with Gasteiger partial charge in [-0.2, -0.15) is 0 Å². The standard InChI is InChI=1S/C16H24N2O/c1-2-16(19)18-15-10-8-14(9-11-15)17-12-13-6-4-3-5-7-13/h8-11,13,17H,2-7,12H2,1H3,(H,18,19). The van der Waals surface area contributed by atoms with E-state index in [1.54, 1.807) is 0 Å². The lowest BCUT2D eigenvalue weighted by Gasteiger charge is -2.22. The highest BCUT2D eigenvalue weighted by Crippen LogP contribution is 2.24. The fourth-order valence-electron chi connectivity index (χ4n) is 2.57. The van der Waals surface area contributed by atoms with Crippen molar-refractivity contribution in [3.05, 3.63) is 24.3 Å². The van der Waals surface area contributed by atoms with Crippen LogP contribution < -0.4 is 10.6 Å². The normalized spacial score (nSPS) is 16.1.